The monoisotopic (exact) mass is 322 g/mol. The molecular weight excluding hydrogens is 296 g/mol. The maximum absolute atomic E-state index is 5.18. The minimum absolute atomic E-state index is 0.906. The van der Waals surface area contributed by atoms with Crippen LogP contribution in [0.25, 0.3) is 5.57 Å². The first-order valence-corrected chi connectivity index (χ1v) is 8.29. The number of aromatic nitrogens is 2. The summed E-state index contributed by atoms with van der Waals surface area (Å²) in [4.78, 5) is 7.85. The average molecular weight is 322 g/mol. The van der Waals surface area contributed by atoms with Crippen LogP contribution >= 0.6 is 0 Å². The first kappa shape index (κ1) is 17.8. The third-order valence-electron chi connectivity index (χ3n) is 4.01. The predicted octanol–water partition coefficient (Wildman–Crippen LogP) is 5.13. The van der Waals surface area contributed by atoms with Crippen molar-refractivity contribution in [3.63, 3.8) is 0 Å². The van der Waals surface area contributed by atoms with E-state index in [1.165, 1.54) is 5.56 Å². The van der Waals surface area contributed by atoms with Crippen molar-refractivity contribution in [2.24, 2.45) is 0 Å². The molecule has 24 heavy (non-hydrogen) atoms. The molecule has 0 spiro atoms. The van der Waals surface area contributed by atoms with Gasteiger partial charge in [-0.2, -0.15) is 0 Å². The van der Waals surface area contributed by atoms with Gasteiger partial charge in [-0.15, -0.1) is 0 Å². The fourth-order valence-corrected chi connectivity index (χ4v) is 2.52. The lowest BCUT2D eigenvalue weighted by Gasteiger charge is -2.03. The van der Waals surface area contributed by atoms with Gasteiger partial charge >= 0.3 is 0 Å². The number of unbranched alkanes of at least 4 members (excludes halogenated alkanes) is 1. The lowest BCUT2D eigenvalue weighted by atomic mass is 10.1. The van der Waals surface area contributed by atoms with Crippen LogP contribution in [0.1, 0.15) is 36.8 Å². The number of nitrogens with one attached hydrogen (secondary N) is 1. The Morgan fingerprint density at radius 2 is 1.92 bits per heavy atom. The molecular formula is C21H26N2O. The van der Waals surface area contributed by atoms with Gasteiger partial charge in [0.25, 0.3) is 0 Å². The highest BCUT2D eigenvalue weighted by Crippen LogP contribution is 2.16. The summed E-state index contributed by atoms with van der Waals surface area (Å²) in [5.74, 6) is 1.95. The molecule has 0 unspecified atom stereocenters. The Morgan fingerprint density at radius 1 is 1.21 bits per heavy atom. The van der Waals surface area contributed by atoms with Gasteiger partial charge in [0.05, 0.1) is 19.0 Å². The Labute approximate surface area is 144 Å². The SMILES string of the molecule is C=CC(=C)/C=C(\C)c1cnc(CCCCc2ccc(OC)cc2)[nH]1. The van der Waals surface area contributed by atoms with Gasteiger partial charge < -0.3 is 9.72 Å². The van der Waals surface area contributed by atoms with E-state index in [0.29, 0.717) is 0 Å². The second-order valence-corrected chi connectivity index (χ2v) is 5.91. The number of hydrogen-bond donors (Lipinski definition) is 1. The summed E-state index contributed by atoms with van der Waals surface area (Å²) in [5.41, 5.74) is 4.42. The van der Waals surface area contributed by atoms with Crippen LogP contribution in [0.3, 0.4) is 0 Å². The van der Waals surface area contributed by atoms with Crippen molar-refractivity contribution in [1.82, 2.24) is 9.97 Å². The maximum Gasteiger partial charge on any atom is 0.118 e. The molecule has 0 radical (unpaired) electrons. The maximum atomic E-state index is 5.18. The summed E-state index contributed by atoms with van der Waals surface area (Å²) in [6, 6.07) is 8.29. The molecule has 1 aromatic heterocycles. The van der Waals surface area contributed by atoms with E-state index in [4.69, 9.17) is 4.74 Å². The molecule has 3 heteroatoms. The van der Waals surface area contributed by atoms with Crippen LogP contribution in [-0.4, -0.2) is 17.1 Å². The fraction of sp³-hybridized carbons (Fsp3) is 0.286. The van der Waals surface area contributed by atoms with E-state index < -0.39 is 0 Å². The smallest absolute Gasteiger partial charge is 0.118 e. The molecule has 0 saturated carbocycles. The van der Waals surface area contributed by atoms with Crippen molar-refractivity contribution in [1.29, 1.82) is 0 Å². The highest BCUT2D eigenvalue weighted by Gasteiger charge is 2.03. The number of allylic oxidation sites excluding steroid dienone is 4. The molecule has 0 aliphatic carbocycles. The molecule has 0 atom stereocenters. The topological polar surface area (TPSA) is 37.9 Å². The van der Waals surface area contributed by atoms with Gasteiger partial charge in [-0.1, -0.05) is 37.4 Å². The van der Waals surface area contributed by atoms with Crippen LogP contribution in [-0.2, 0) is 12.8 Å². The minimum atomic E-state index is 0.906. The lowest BCUT2D eigenvalue weighted by molar-refractivity contribution is 0.414. The summed E-state index contributed by atoms with van der Waals surface area (Å²) in [5, 5.41) is 0. The molecule has 0 aliphatic heterocycles. The fourth-order valence-electron chi connectivity index (χ4n) is 2.52. The van der Waals surface area contributed by atoms with Crippen LogP contribution in [0.4, 0.5) is 0 Å². The molecule has 1 N–H and O–H groups in total. The number of methoxy groups -OCH3 is 1. The first-order valence-electron chi connectivity index (χ1n) is 8.29. The second kappa shape index (κ2) is 8.92. The van der Waals surface area contributed by atoms with Crippen LogP contribution in [0.5, 0.6) is 5.75 Å². The van der Waals surface area contributed by atoms with Crippen molar-refractivity contribution in [2.75, 3.05) is 7.11 Å². The van der Waals surface area contributed by atoms with E-state index in [2.05, 4.69) is 42.2 Å². The van der Waals surface area contributed by atoms with Crippen LogP contribution in [0.2, 0.25) is 0 Å². The molecule has 2 rings (SSSR count). The van der Waals surface area contributed by atoms with Crippen molar-refractivity contribution in [3.05, 3.63) is 78.4 Å². The van der Waals surface area contributed by atoms with Gasteiger partial charge in [0.2, 0.25) is 0 Å². The Hall–Kier alpha value is -2.55. The van der Waals surface area contributed by atoms with Crippen molar-refractivity contribution in [2.45, 2.75) is 32.6 Å². The van der Waals surface area contributed by atoms with E-state index in [0.717, 1.165) is 54.1 Å². The zero-order valence-electron chi connectivity index (χ0n) is 14.6. The Balaban J connectivity index is 1.79. The molecule has 3 nitrogen and oxygen atoms in total. The number of benzene rings is 1. The molecule has 0 saturated heterocycles. The number of imidazole rings is 1. The molecule has 0 amide bonds. The minimum Gasteiger partial charge on any atom is -0.497 e. The van der Waals surface area contributed by atoms with Gasteiger partial charge in [0.15, 0.2) is 0 Å². The van der Waals surface area contributed by atoms with E-state index in [1.807, 2.05) is 24.4 Å². The summed E-state index contributed by atoms with van der Waals surface area (Å²) < 4.78 is 5.18. The summed E-state index contributed by atoms with van der Waals surface area (Å²) in [6.45, 7) is 9.68. The van der Waals surface area contributed by atoms with Crippen LogP contribution < -0.4 is 4.74 Å². The van der Waals surface area contributed by atoms with Gasteiger partial charge in [-0.25, -0.2) is 4.98 Å². The zero-order valence-corrected chi connectivity index (χ0v) is 14.6. The van der Waals surface area contributed by atoms with E-state index in [-0.39, 0.29) is 0 Å². The summed E-state index contributed by atoms with van der Waals surface area (Å²) >= 11 is 0. The summed E-state index contributed by atoms with van der Waals surface area (Å²) in [6.07, 6.45) is 9.95. The molecule has 1 heterocycles. The normalized spacial score (nSPS) is 11.3. The van der Waals surface area contributed by atoms with Crippen molar-refractivity contribution < 1.29 is 4.74 Å². The quantitative estimate of drug-likeness (QED) is 0.513. The number of H-pyrrole nitrogens is 1. The van der Waals surface area contributed by atoms with Crippen molar-refractivity contribution >= 4 is 5.57 Å². The van der Waals surface area contributed by atoms with E-state index in [1.54, 1.807) is 13.2 Å². The van der Waals surface area contributed by atoms with Gasteiger partial charge in [0, 0.05) is 6.42 Å². The number of aromatic amines is 1. The number of aryl methyl sites for hydroxylation is 2. The second-order valence-electron chi connectivity index (χ2n) is 5.91. The number of ether oxygens (including phenoxy) is 1. The first-order chi connectivity index (χ1) is 11.6. The van der Waals surface area contributed by atoms with Crippen LogP contribution in [0.15, 0.2) is 61.3 Å². The zero-order chi connectivity index (χ0) is 17.4. The Kier molecular flexibility index (Phi) is 6.62. The largest absolute Gasteiger partial charge is 0.497 e. The number of rotatable bonds is 9. The molecule has 126 valence electrons. The molecule has 1 aromatic carbocycles. The van der Waals surface area contributed by atoms with Gasteiger partial charge in [0.1, 0.15) is 11.6 Å². The molecule has 0 aliphatic rings. The highest BCUT2D eigenvalue weighted by molar-refractivity contribution is 5.64. The van der Waals surface area contributed by atoms with Crippen molar-refractivity contribution in [3.8, 4) is 5.75 Å². The highest BCUT2D eigenvalue weighted by atomic mass is 16.5. The third kappa shape index (κ3) is 5.27. The van der Waals surface area contributed by atoms with E-state index >= 15 is 0 Å². The van der Waals surface area contributed by atoms with E-state index in [9.17, 15) is 0 Å². The summed E-state index contributed by atoms with van der Waals surface area (Å²) in [7, 11) is 1.69. The number of nitrogens with zero attached hydrogens (tertiary/aromatic N) is 1. The third-order valence-corrected chi connectivity index (χ3v) is 4.01. The Bertz CT molecular complexity index is 708. The molecule has 0 bridgehead atoms. The van der Waals surface area contributed by atoms with Gasteiger partial charge in [-0.05, 0) is 55.0 Å². The van der Waals surface area contributed by atoms with Gasteiger partial charge in [-0.3, -0.25) is 0 Å². The average Bonchev–Trinajstić information content (AvgIpc) is 3.08. The van der Waals surface area contributed by atoms with Crippen LogP contribution in [0, 0.1) is 0 Å². The predicted molar refractivity (Wildman–Crippen MR) is 101 cm³/mol. The molecule has 2 aromatic rings. The number of hydrogen-bond acceptors (Lipinski definition) is 2. The Morgan fingerprint density at radius 3 is 2.58 bits per heavy atom. The molecule has 0 fully saturated rings. The standard InChI is InChI=1S/C21H26N2O/c1-5-16(2)14-17(3)20-15-22-21(23-20)9-7-6-8-18-10-12-19(24-4)13-11-18/h5,10-15H,1-2,6-9H2,3-4H3,(H,22,23)/b17-14+. The lowest BCUT2D eigenvalue weighted by Crippen LogP contribution is -1.92.